The van der Waals surface area contributed by atoms with Crippen molar-refractivity contribution in [1.29, 1.82) is 0 Å². The average Bonchev–Trinajstić information content (AvgIpc) is 2.77. The van der Waals surface area contributed by atoms with Crippen molar-refractivity contribution >= 4 is 11.6 Å². The largest absolute Gasteiger partial charge is 0.492 e. The molecule has 2 N–H and O–H groups in total. The van der Waals surface area contributed by atoms with Crippen LogP contribution in [0, 0.1) is 6.92 Å². The van der Waals surface area contributed by atoms with Gasteiger partial charge in [0, 0.05) is 20.3 Å². The maximum Gasteiger partial charge on any atom is 0.276 e. The summed E-state index contributed by atoms with van der Waals surface area (Å²) in [6.45, 7) is 2.88. The van der Waals surface area contributed by atoms with E-state index in [2.05, 4.69) is 5.10 Å². The Morgan fingerprint density at radius 1 is 1.48 bits per heavy atom. The van der Waals surface area contributed by atoms with Gasteiger partial charge in [0.05, 0.1) is 12.2 Å². The van der Waals surface area contributed by atoms with Crippen LogP contribution < -0.4 is 10.5 Å². The molecule has 6 heteroatoms. The van der Waals surface area contributed by atoms with Crippen molar-refractivity contribution in [2.24, 2.45) is 7.05 Å². The molecule has 2 rings (SSSR count). The molecule has 0 bridgehead atoms. The summed E-state index contributed by atoms with van der Waals surface area (Å²) in [7, 11) is 3.43. The number of nitrogens with zero attached hydrogens (tertiary/aromatic N) is 3. The summed E-state index contributed by atoms with van der Waals surface area (Å²) in [4.78, 5) is 13.7. The predicted octanol–water partition coefficient (Wildman–Crippen LogP) is 1.46. The number of nitrogen functional groups attached to an aromatic ring is 1. The third kappa shape index (κ3) is 3.75. The second kappa shape index (κ2) is 6.30. The van der Waals surface area contributed by atoms with Crippen LogP contribution in [0.4, 0.5) is 5.69 Å². The van der Waals surface area contributed by atoms with E-state index in [-0.39, 0.29) is 11.6 Å². The molecule has 1 aromatic heterocycles. The molecule has 0 aliphatic carbocycles. The van der Waals surface area contributed by atoms with E-state index in [0.717, 1.165) is 11.3 Å². The second-order valence-electron chi connectivity index (χ2n) is 5.00. The molecular weight excluding hydrogens is 268 g/mol. The Morgan fingerprint density at radius 2 is 2.24 bits per heavy atom. The maximum absolute atomic E-state index is 12.2. The summed E-state index contributed by atoms with van der Waals surface area (Å²) >= 11 is 0. The number of amides is 1. The summed E-state index contributed by atoms with van der Waals surface area (Å²) in [6.07, 6.45) is 1.62. The van der Waals surface area contributed by atoms with Crippen LogP contribution >= 0.6 is 0 Å². The van der Waals surface area contributed by atoms with E-state index in [9.17, 15) is 4.79 Å². The normalized spacial score (nSPS) is 10.4. The Labute approximate surface area is 124 Å². The third-order valence-corrected chi connectivity index (χ3v) is 3.09. The van der Waals surface area contributed by atoms with Crippen LogP contribution in [-0.4, -0.2) is 40.8 Å². The molecule has 1 aromatic carbocycles. The molecule has 1 amide bonds. The quantitative estimate of drug-likeness (QED) is 0.904. The highest BCUT2D eigenvalue weighted by atomic mass is 16.5. The lowest BCUT2D eigenvalue weighted by molar-refractivity contribution is 0.0768. The number of anilines is 1. The van der Waals surface area contributed by atoms with Gasteiger partial charge < -0.3 is 15.4 Å². The van der Waals surface area contributed by atoms with E-state index in [0.29, 0.717) is 18.8 Å². The van der Waals surface area contributed by atoms with Gasteiger partial charge in [-0.25, -0.2) is 0 Å². The number of carbonyl (C=O) groups excluding carboxylic acids is 1. The van der Waals surface area contributed by atoms with Gasteiger partial charge in [-0.2, -0.15) is 5.10 Å². The van der Waals surface area contributed by atoms with Gasteiger partial charge in [0.2, 0.25) is 0 Å². The van der Waals surface area contributed by atoms with Crippen LogP contribution in [0.15, 0.2) is 30.5 Å². The lowest BCUT2D eigenvalue weighted by atomic mass is 10.2. The molecule has 0 saturated heterocycles. The fourth-order valence-corrected chi connectivity index (χ4v) is 1.96. The number of aryl methyl sites for hydroxylation is 2. The fourth-order valence-electron chi connectivity index (χ4n) is 1.96. The number of aromatic nitrogens is 2. The van der Waals surface area contributed by atoms with Crippen LogP contribution in [0.1, 0.15) is 16.1 Å². The number of ether oxygens (including phenoxy) is 1. The number of hydrogen-bond acceptors (Lipinski definition) is 4. The first-order chi connectivity index (χ1) is 9.97. The van der Waals surface area contributed by atoms with Crippen molar-refractivity contribution in [2.75, 3.05) is 25.9 Å². The Kier molecular flexibility index (Phi) is 4.47. The van der Waals surface area contributed by atoms with E-state index in [4.69, 9.17) is 10.5 Å². The van der Waals surface area contributed by atoms with Gasteiger partial charge in [0.25, 0.3) is 5.91 Å². The van der Waals surface area contributed by atoms with Gasteiger partial charge in [-0.15, -0.1) is 0 Å². The van der Waals surface area contributed by atoms with Crippen molar-refractivity contribution in [3.63, 3.8) is 0 Å². The summed E-state index contributed by atoms with van der Waals surface area (Å²) < 4.78 is 7.16. The molecule has 112 valence electrons. The van der Waals surface area contributed by atoms with E-state index in [1.54, 1.807) is 25.2 Å². The smallest absolute Gasteiger partial charge is 0.276 e. The lowest BCUT2D eigenvalue weighted by Gasteiger charge is -2.16. The molecule has 0 radical (unpaired) electrons. The number of hydrogen-bond donors (Lipinski definition) is 1. The SMILES string of the molecule is Cc1cccc(OCCN(C)C(=O)c2nn(C)cc2N)c1. The Morgan fingerprint density at radius 3 is 2.86 bits per heavy atom. The zero-order chi connectivity index (χ0) is 15.4. The first kappa shape index (κ1) is 14.9. The minimum Gasteiger partial charge on any atom is -0.492 e. The molecule has 1 heterocycles. The molecule has 6 nitrogen and oxygen atoms in total. The number of benzene rings is 1. The van der Waals surface area contributed by atoms with Gasteiger partial charge in [0.1, 0.15) is 12.4 Å². The highest BCUT2D eigenvalue weighted by molar-refractivity contribution is 5.96. The van der Waals surface area contributed by atoms with Gasteiger partial charge in [-0.05, 0) is 24.6 Å². The van der Waals surface area contributed by atoms with Gasteiger partial charge in [-0.1, -0.05) is 12.1 Å². The Balaban J connectivity index is 1.88. The van der Waals surface area contributed by atoms with Crippen molar-refractivity contribution in [3.05, 3.63) is 41.7 Å². The average molecular weight is 288 g/mol. The van der Waals surface area contributed by atoms with Gasteiger partial charge in [-0.3, -0.25) is 9.48 Å². The zero-order valence-corrected chi connectivity index (χ0v) is 12.5. The number of rotatable bonds is 5. The standard InChI is InChI=1S/C15H20N4O2/c1-11-5-4-6-12(9-11)21-8-7-18(2)15(20)14-13(16)10-19(3)17-14/h4-6,9-10H,7-8,16H2,1-3H3. The molecule has 21 heavy (non-hydrogen) atoms. The number of carbonyl (C=O) groups is 1. The second-order valence-corrected chi connectivity index (χ2v) is 5.00. The van der Waals surface area contributed by atoms with Crippen molar-refractivity contribution < 1.29 is 9.53 Å². The third-order valence-electron chi connectivity index (χ3n) is 3.09. The lowest BCUT2D eigenvalue weighted by Crippen LogP contribution is -2.31. The topological polar surface area (TPSA) is 73.4 Å². The first-order valence-electron chi connectivity index (χ1n) is 6.71. The first-order valence-corrected chi connectivity index (χ1v) is 6.71. The maximum atomic E-state index is 12.2. The number of nitrogens with two attached hydrogens (primary N) is 1. The molecule has 0 spiro atoms. The highest BCUT2D eigenvalue weighted by Gasteiger charge is 2.18. The molecule has 0 atom stereocenters. The van der Waals surface area contributed by atoms with Crippen LogP contribution in [0.5, 0.6) is 5.75 Å². The molecule has 2 aromatic rings. The van der Waals surface area contributed by atoms with E-state index >= 15 is 0 Å². The van der Waals surface area contributed by atoms with Crippen molar-refractivity contribution in [3.8, 4) is 5.75 Å². The molecular formula is C15H20N4O2. The van der Waals surface area contributed by atoms with E-state index < -0.39 is 0 Å². The predicted molar refractivity (Wildman–Crippen MR) is 81.3 cm³/mol. The van der Waals surface area contributed by atoms with Crippen LogP contribution in [0.3, 0.4) is 0 Å². The van der Waals surface area contributed by atoms with E-state index in [1.165, 1.54) is 4.68 Å². The molecule has 0 unspecified atom stereocenters. The highest BCUT2D eigenvalue weighted by Crippen LogP contribution is 2.13. The molecule has 0 saturated carbocycles. The van der Waals surface area contributed by atoms with Gasteiger partial charge in [0.15, 0.2) is 5.69 Å². The van der Waals surface area contributed by atoms with E-state index in [1.807, 2.05) is 31.2 Å². The number of likely N-dealkylation sites (N-methyl/N-ethyl adjacent to an activating group) is 1. The zero-order valence-electron chi connectivity index (χ0n) is 12.5. The Hall–Kier alpha value is -2.50. The van der Waals surface area contributed by atoms with Gasteiger partial charge >= 0.3 is 0 Å². The summed E-state index contributed by atoms with van der Waals surface area (Å²) in [5.74, 6) is 0.592. The van der Waals surface area contributed by atoms with Crippen molar-refractivity contribution in [1.82, 2.24) is 14.7 Å². The van der Waals surface area contributed by atoms with Crippen LogP contribution in [0.25, 0.3) is 0 Å². The Bertz CT molecular complexity index is 636. The summed E-state index contributed by atoms with van der Waals surface area (Å²) in [5.41, 5.74) is 7.55. The fraction of sp³-hybridized carbons (Fsp3) is 0.333. The van der Waals surface area contributed by atoms with Crippen LogP contribution in [-0.2, 0) is 7.05 Å². The van der Waals surface area contributed by atoms with Crippen molar-refractivity contribution in [2.45, 2.75) is 6.92 Å². The monoisotopic (exact) mass is 288 g/mol. The van der Waals surface area contributed by atoms with Crippen LogP contribution in [0.2, 0.25) is 0 Å². The minimum absolute atomic E-state index is 0.207. The minimum atomic E-state index is -0.207. The molecule has 0 aliphatic heterocycles. The summed E-state index contributed by atoms with van der Waals surface area (Å²) in [5, 5.41) is 4.07. The summed E-state index contributed by atoms with van der Waals surface area (Å²) in [6, 6.07) is 7.80. The molecule has 0 fully saturated rings. The molecule has 0 aliphatic rings.